The molecule has 0 bridgehead atoms. The van der Waals surface area contributed by atoms with Crippen LogP contribution in [-0.2, 0) is 4.79 Å². The maximum atomic E-state index is 9.99. The molecule has 0 radical (unpaired) electrons. The lowest BCUT2D eigenvalue weighted by molar-refractivity contribution is -0.139. The molecule has 0 amide bonds. The average molecular weight is 136 g/mol. The minimum atomic E-state index is -0.862. The molecule has 0 aromatic heterocycles. The van der Waals surface area contributed by atoms with Crippen molar-refractivity contribution in [3.63, 3.8) is 0 Å². The molecule has 0 saturated heterocycles. The fraction of sp³-hybridized carbons (Fsp3) is 0.750. The van der Waals surface area contributed by atoms with Crippen molar-refractivity contribution in [2.24, 2.45) is 0 Å². The third kappa shape index (κ3) is 5.22. The van der Waals surface area contributed by atoms with Crippen LogP contribution in [0.3, 0.4) is 0 Å². The first-order valence-corrected chi connectivity index (χ1v) is 2.33. The first-order valence-electron chi connectivity index (χ1n) is 2.33. The number of carbonyl (C=O) groups is 1. The Kier molecular flexibility index (Phi) is 6.82. The lowest BCUT2D eigenvalue weighted by atomic mass is 10.4. The minimum Gasteiger partial charge on any atom is -0.480 e. The molecule has 5 nitrogen and oxygen atoms in total. The zero-order valence-corrected chi connectivity index (χ0v) is 5.43. The number of hydrogen-bond donors (Lipinski definition) is 3. The Balaban J connectivity index is 0. The number of hydrazine groups is 1. The second kappa shape index (κ2) is 5.49. The van der Waals surface area contributed by atoms with Crippen molar-refractivity contribution < 1.29 is 15.4 Å². The fourth-order valence-corrected chi connectivity index (χ4v) is 0.278. The molecule has 0 aliphatic rings. The van der Waals surface area contributed by atoms with Crippen LogP contribution >= 0.6 is 0 Å². The van der Waals surface area contributed by atoms with E-state index >= 15 is 0 Å². The Bertz CT molecular complexity index is 85.9. The number of carboxylic acid groups (broad SMARTS) is 1. The Morgan fingerprint density at radius 3 is 2.22 bits per heavy atom. The summed E-state index contributed by atoms with van der Waals surface area (Å²) in [6, 6.07) is -0.528. The van der Waals surface area contributed by atoms with E-state index in [4.69, 9.17) is 5.11 Å². The van der Waals surface area contributed by atoms with Gasteiger partial charge in [-0.25, -0.2) is 5.43 Å². The van der Waals surface area contributed by atoms with Crippen molar-refractivity contribution in [1.82, 2.24) is 10.9 Å². The first-order chi connectivity index (χ1) is 3.68. The molecule has 0 spiro atoms. The van der Waals surface area contributed by atoms with Gasteiger partial charge in [0.15, 0.2) is 0 Å². The minimum absolute atomic E-state index is 0. The van der Waals surface area contributed by atoms with Crippen LogP contribution in [0.1, 0.15) is 6.92 Å². The second-order valence-electron chi connectivity index (χ2n) is 1.45. The van der Waals surface area contributed by atoms with Crippen LogP contribution in [0.15, 0.2) is 0 Å². The predicted octanol–water partition coefficient (Wildman–Crippen LogP) is -1.64. The van der Waals surface area contributed by atoms with Gasteiger partial charge in [0.05, 0.1) is 0 Å². The molecule has 0 fully saturated rings. The summed E-state index contributed by atoms with van der Waals surface area (Å²) in [5.74, 6) is -0.862. The normalized spacial score (nSPS) is 11.8. The molecule has 9 heavy (non-hydrogen) atoms. The van der Waals surface area contributed by atoms with E-state index in [0.29, 0.717) is 0 Å². The Labute approximate surface area is 53.3 Å². The number of rotatable bonds is 3. The second-order valence-corrected chi connectivity index (χ2v) is 1.45. The van der Waals surface area contributed by atoms with Crippen LogP contribution < -0.4 is 10.9 Å². The maximum Gasteiger partial charge on any atom is 0.321 e. The summed E-state index contributed by atoms with van der Waals surface area (Å²) >= 11 is 0. The van der Waals surface area contributed by atoms with Gasteiger partial charge in [-0.15, -0.1) is 0 Å². The smallest absolute Gasteiger partial charge is 0.321 e. The van der Waals surface area contributed by atoms with Crippen LogP contribution in [0, 0.1) is 0 Å². The SMILES string of the molecule is CNNC(C)C(=O)O.O. The Morgan fingerprint density at radius 2 is 2.11 bits per heavy atom. The van der Waals surface area contributed by atoms with Crippen molar-refractivity contribution in [1.29, 1.82) is 0 Å². The van der Waals surface area contributed by atoms with Gasteiger partial charge < -0.3 is 10.6 Å². The largest absolute Gasteiger partial charge is 0.480 e. The van der Waals surface area contributed by atoms with Crippen LogP contribution in [0.2, 0.25) is 0 Å². The van der Waals surface area contributed by atoms with E-state index in [-0.39, 0.29) is 5.48 Å². The highest BCUT2D eigenvalue weighted by Gasteiger charge is 2.06. The summed E-state index contributed by atoms with van der Waals surface area (Å²) in [7, 11) is 1.62. The average Bonchev–Trinajstić information content (AvgIpc) is 1.67. The van der Waals surface area contributed by atoms with Gasteiger partial charge in [0.2, 0.25) is 0 Å². The topological polar surface area (TPSA) is 92.9 Å². The van der Waals surface area contributed by atoms with Crippen LogP contribution in [0.5, 0.6) is 0 Å². The summed E-state index contributed by atoms with van der Waals surface area (Å²) in [4.78, 5) is 9.99. The van der Waals surface area contributed by atoms with Gasteiger partial charge in [0, 0.05) is 0 Å². The predicted molar refractivity (Wildman–Crippen MR) is 32.9 cm³/mol. The van der Waals surface area contributed by atoms with Crippen molar-refractivity contribution in [2.45, 2.75) is 13.0 Å². The van der Waals surface area contributed by atoms with E-state index < -0.39 is 12.0 Å². The first kappa shape index (κ1) is 11.2. The van der Waals surface area contributed by atoms with E-state index in [1.807, 2.05) is 0 Å². The third-order valence-electron chi connectivity index (χ3n) is 0.731. The zero-order chi connectivity index (χ0) is 6.57. The maximum absolute atomic E-state index is 9.99. The lowest BCUT2D eigenvalue weighted by Crippen LogP contribution is -2.41. The number of carboxylic acids is 1. The molecule has 0 rings (SSSR count). The molecular formula is C4H12N2O3. The summed E-state index contributed by atoms with van der Waals surface area (Å²) in [6.07, 6.45) is 0. The number of hydrogen-bond acceptors (Lipinski definition) is 3. The molecule has 0 aromatic carbocycles. The van der Waals surface area contributed by atoms with E-state index in [0.717, 1.165) is 0 Å². The molecule has 56 valence electrons. The van der Waals surface area contributed by atoms with Gasteiger partial charge in [-0.2, -0.15) is 0 Å². The molecule has 1 unspecified atom stereocenters. The monoisotopic (exact) mass is 136 g/mol. The van der Waals surface area contributed by atoms with Gasteiger partial charge in [0.1, 0.15) is 6.04 Å². The summed E-state index contributed by atoms with van der Waals surface area (Å²) in [5, 5.41) is 8.21. The highest BCUT2D eigenvalue weighted by atomic mass is 16.4. The quantitative estimate of drug-likeness (QED) is 0.405. The Morgan fingerprint density at radius 1 is 1.67 bits per heavy atom. The van der Waals surface area contributed by atoms with Gasteiger partial charge >= 0.3 is 5.97 Å². The molecular weight excluding hydrogens is 124 g/mol. The van der Waals surface area contributed by atoms with Crippen LogP contribution in [0.25, 0.3) is 0 Å². The number of nitrogens with one attached hydrogen (secondary N) is 2. The Hall–Kier alpha value is -0.650. The molecule has 1 atom stereocenters. The molecule has 5 heteroatoms. The van der Waals surface area contributed by atoms with Gasteiger partial charge in [-0.05, 0) is 14.0 Å². The fourth-order valence-electron chi connectivity index (χ4n) is 0.278. The van der Waals surface area contributed by atoms with Crippen LogP contribution in [0.4, 0.5) is 0 Å². The molecule has 0 aliphatic carbocycles. The number of aliphatic carboxylic acids is 1. The molecule has 0 aromatic rings. The van der Waals surface area contributed by atoms with Gasteiger partial charge in [-0.1, -0.05) is 0 Å². The van der Waals surface area contributed by atoms with E-state index in [1.54, 1.807) is 14.0 Å². The summed E-state index contributed by atoms with van der Waals surface area (Å²) in [5.41, 5.74) is 5.01. The van der Waals surface area contributed by atoms with Crippen molar-refractivity contribution in [3.05, 3.63) is 0 Å². The van der Waals surface area contributed by atoms with Crippen molar-refractivity contribution >= 4 is 5.97 Å². The highest BCUT2D eigenvalue weighted by Crippen LogP contribution is 1.74. The van der Waals surface area contributed by atoms with Gasteiger partial charge in [-0.3, -0.25) is 10.2 Å². The summed E-state index contributed by atoms with van der Waals surface area (Å²) < 4.78 is 0. The third-order valence-corrected chi connectivity index (χ3v) is 0.731. The van der Waals surface area contributed by atoms with E-state index in [2.05, 4.69) is 10.9 Å². The molecule has 0 saturated carbocycles. The molecule has 5 N–H and O–H groups in total. The molecule has 0 heterocycles. The van der Waals surface area contributed by atoms with E-state index in [9.17, 15) is 4.79 Å². The standard InChI is InChI=1S/C4H10N2O2.H2O/c1-3(4(7)8)6-5-2;/h3,5-6H,1-2H3,(H,7,8);1H2. The molecule has 0 aliphatic heterocycles. The highest BCUT2D eigenvalue weighted by molar-refractivity contribution is 5.72. The van der Waals surface area contributed by atoms with Gasteiger partial charge in [0.25, 0.3) is 0 Å². The van der Waals surface area contributed by atoms with Crippen molar-refractivity contribution in [3.8, 4) is 0 Å². The van der Waals surface area contributed by atoms with Crippen molar-refractivity contribution in [2.75, 3.05) is 7.05 Å². The zero-order valence-electron chi connectivity index (χ0n) is 5.43. The summed E-state index contributed by atoms with van der Waals surface area (Å²) in [6.45, 7) is 1.55. The lowest BCUT2D eigenvalue weighted by Gasteiger charge is -2.04. The van der Waals surface area contributed by atoms with Crippen LogP contribution in [-0.4, -0.2) is 29.6 Å². The van der Waals surface area contributed by atoms with E-state index in [1.165, 1.54) is 0 Å².